The van der Waals surface area contributed by atoms with Crippen molar-refractivity contribution in [1.82, 2.24) is 14.6 Å². The Kier molecular flexibility index (Phi) is 3.36. The van der Waals surface area contributed by atoms with Crippen molar-refractivity contribution in [2.45, 2.75) is 20.3 Å². The van der Waals surface area contributed by atoms with Crippen LogP contribution in [0.5, 0.6) is 0 Å². The van der Waals surface area contributed by atoms with Gasteiger partial charge in [0.05, 0.1) is 6.20 Å². The van der Waals surface area contributed by atoms with Gasteiger partial charge in [-0.25, -0.2) is 18.7 Å². The highest BCUT2D eigenvalue weighted by atomic mass is 19.1. The van der Waals surface area contributed by atoms with E-state index in [1.807, 2.05) is 19.9 Å². The Hall–Kier alpha value is -2.76. The predicted molar refractivity (Wildman–Crippen MR) is 78.6 cm³/mol. The van der Waals surface area contributed by atoms with Crippen LogP contribution in [0.4, 0.5) is 4.39 Å². The molecule has 0 fully saturated rings. The minimum absolute atomic E-state index is 0.0727. The smallest absolute Gasteiger partial charge is 0.341 e. The van der Waals surface area contributed by atoms with Crippen molar-refractivity contribution in [2.24, 2.45) is 0 Å². The quantitative estimate of drug-likeness (QED) is 0.807. The summed E-state index contributed by atoms with van der Waals surface area (Å²) in [5.41, 5.74) is 3.67. The molecule has 0 spiro atoms. The Morgan fingerprint density at radius 2 is 2.14 bits per heavy atom. The molecule has 1 N–H and O–H groups in total. The van der Waals surface area contributed by atoms with Gasteiger partial charge in [-0.15, -0.1) is 0 Å². The molecule has 0 saturated carbocycles. The molecule has 0 amide bonds. The molecule has 0 radical (unpaired) electrons. The first-order valence-electron chi connectivity index (χ1n) is 6.79. The first-order chi connectivity index (χ1) is 10.5. The average Bonchev–Trinajstić information content (AvgIpc) is 2.87. The molecule has 0 atom stereocenters. The molecule has 0 bridgehead atoms. The molecule has 3 rings (SSSR count). The Balaban J connectivity index is 2.13. The van der Waals surface area contributed by atoms with E-state index < -0.39 is 5.97 Å². The number of nitrogens with zero attached hydrogens (tertiary/aromatic N) is 3. The summed E-state index contributed by atoms with van der Waals surface area (Å²) in [6, 6.07) is 6.39. The minimum atomic E-state index is -1.06. The number of aromatic carboxylic acids is 1. The Bertz CT molecular complexity index is 886. The number of aryl methyl sites for hydroxylation is 2. The van der Waals surface area contributed by atoms with Crippen molar-refractivity contribution in [2.75, 3.05) is 0 Å². The van der Waals surface area contributed by atoms with Crippen molar-refractivity contribution in [1.29, 1.82) is 0 Å². The Labute approximate surface area is 126 Å². The molecule has 3 aromatic rings. The lowest BCUT2D eigenvalue weighted by atomic mass is 10.0. The summed E-state index contributed by atoms with van der Waals surface area (Å²) in [6.07, 6.45) is 1.81. The Morgan fingerprint density at radius 3 is 2.82 bits per heavy atom. The highest BCUT2D eigenvalue weighted by Crippen LogP contribution is 2.20. The van der Waals surface area contributed by atoms with Crippen molar-refractivity contribution >= 4 is 11.6 Å². The number of aromatic nitrogens is 3. The van der Waals surface area contributed by atoms with Gasteiger partial charge in [0.25, 0.3) is 0 Å². The van der Waals surface area contributed by atoms with Gasteiger partial charge in [0.1, 0.15) is 11.4 Å². The van der Waals surface area contributed by atoms with E-state index in [0.717, 1.165) is 22.5 Å². The van der Waals surface area contributed by atoms with Crippen LogP contribution in [0.3, 0.4) is 0 Å². The Morgan fingerprint density at radius 1 is 1.36 bits per heavy atom. The van der Waals surface area contributed by atoms with Crippen LogP contribution < -0.4 is 0 Å². The zero-order chi connectivity index (χ0) is 15.9. The van der Waals surface area contributed by atoms with E-state index in [2.05, 4.69) is 10.1 Å². The normalized spacial score (nSPS) is 11.0. The molecule has 0 unspecified atom stereocenters. The number of hydrogen-bond acceptors (Lipinski definition) is 3. The van der Waals surface area contributed by atoms with Gasteiger partial charge >= 0.3 is 5.97 Å². The topological polar surface area (TPSA) is 67.5 Å². The van der Waals surface area contributed by atoms with Crippen molar-refractivity contribution in [3.8, 4) is 0 Å². The summed E-state index contributed by atoms with van der Waals surface area (Å²) in [5.74, 6) is -1.34. The van der Waals surface area contributed by atoms with Gasteiger partial charge in [-0.3, -0.25) is 0 Å². The van der Waals surface area contributed by atoms with Crippen molar-refractivity contribution in [3.63, 3.8) is 0 Å². The second kappa shape index (κ2) is 5.22. The summed E-state index contributed by atoms with van der Waals surface area (Å²) >= 11 is 0. The summed E-state index contributed by atoms with van der Waals surface area (Å²) in [5, 5.41) is 13.3. The SMILES string of the molecule is Cc1nc2c(C(=O)O)cnn2c(C)c1Cc1cccc(F)c1. The maximum Gasteiger partial charge on any atom is 0.341 e. The van der Waals surface area contributed by atoms with E-state index in [0.29, 0.717) is 12.1 Å². The molecular formula is C16H14FN3O2. The van der Waals surface area contributed by atoms with Crippen molar-refractivity contribution in [3.05, 3.63) is 64.4 Å². The lowest BCUT2D eigenvalue weighted by Crippen LogP contribution is -2.07. The molecule has 1 aromatic carbocycles. The second-order valence-electron chi connectivity index (χ2n) is 5.17. The number of carbonyl (C=O) groups is 1. The van der Waals surface area contributed by atoms with Gasteiger partial charge in [0.2, 0.25) is 0 Å². The molecule has 22 heavy (non-hydrogen) atoms. The highest BCUT2D eigenvalue weighted by Gasteiger charge is 2.17. The maximum atomic E-state index is 13.3. The molecule has 6 heteroatoms. The average molecular weight is 299 g/mol. The third-order valence-electron chi connectivity index (χ3n) is 3.71. The monoisotopic (exact) mass is 299 g/mol. The van der Waals surface area contributed by atoms with E-state index in [4.69, 9.17) is 5.11 Å². The first-order valence-corrected chi connectivity index (χ1v) is 6.79. The molecule has 0 saturated heterocycles. The van der Waals surface area contributed by atoms with Gasteiger partial charge < -0.3 is 5.11 Å². The van der Waals surface area contributed by atoms with Gasteiger partial charge in [-0.2, -0.15) is 5.10 Å². The molecule has 0 aliphatic rings. The summed E-state index contributed by atoms with van der Waals surface area (Å²) in [4.78, 5) is 15.5. The van der Waals surface area contributed by atoms with Crippen LogP contribution in [0.1, 0.15) is 32.9 Å². The highest BCUT2D eigenvalue weighted by molar-refractivity contribution is 5.94. The lowest BCUT2D eigenvalue weighted by molar-refractivity contribution is 0.0698. The van der Waals surface area contributed by atoms with E-state index in [1.165, 1.54) is 22.8 Å². The van der Waals surface area contributed by atoms with Crippen LogP contribution in [0.15, 0.2) is 30.5 Å². The third-order valence-corrected chi connectivity index (χ3v) is 3.71. The summed E-state index contributed by atoms with van der Waals surface area (Å²) in [7, 11) is 0. The largest absolute Gasteiger partial charge is 0.477 e. The van der Waals surface area contributed by atoms with E-state index in [9.17, 15) is 9.18 Å². The molecule has 112 valence electrons. The summed E-state index contributed by atoms with van der Waals surface area (Å²) < 4.78 is 14.8. The number of rotatable bonds is 3. The zero-order valence-electron chi connectivity index (χ0n) is 12.2. The van der Waals surface area contributed by atoms with Crippen LogP contribution in [-0.4, -0.2) is 25.7 Å². The number of fused-ring (bicyclic) bond motifs is 1. The predicted octanol–water partition coefficient (Wildman–Crippen LogP) is 2.77. The fraction of sp³-hybridized carbons (Fsp3) is 0.188. The first kappa shape index (κ1) is 14.2. The number of hydrogen-bond donors (Lipinski definition) is 1. The van der Waals surface area contributed by atoms with Crippen molar-refractivity contribution < 1.29 is 14.3 Å². The molecule has 0 aliphatic heterocycles. The molecule has 0 aliphatic carbocycles. The molecule has 2 heterocycles. The maximum absolute atomic E-state index is 13.3. The standard InChI is InChI=1S/C16H14FN3O2/c1-9-13(7-11-4-3-5-12(17)6-11)10(2)20-15(19-9)14(8-18-20)16(21)22/h3-6,8H,7H2,1-2H3,(H,21,22). The van der Waals surface area contributed by atoms with Crippen LogP contribution in [-0.2, 0) is 6.42 Å². The van der Waals surface area contributed by atoms with Gasteiger partial charge in [0, 0.05) is 17.8 Å². The van der Waals surface area contributed by atoms with Crippen LogP contribution >= 0.6 is 0 Å². The molecular weight excluding hydrogens is 285 g/mol. The van der Waals surface area contributed by atoms with Crippen LogP contribution in [0, 0.1) is 19.7 Å². The summed E-state index contributed by atoms with van der Waals surface area (Å²) in [6.45, 7) is 3.68. The lowest BCUT2D eigenvalue weighted by Gasteiger charge is -2.11. The molecule has 5 nitrogen and oxygen atoms in total. The number of halogens is 1. The minimum Gasteiger partial charge on any atom is -0.477 e. The fourth-order valence-electron chi connectivity index (χ4n) is 2.57. The number of carboxylic acids is 1. The number of benzene rings is 1. The van der Waals surface area contributed by atoms with E-state index in [-0.39, 0.29) is 11.4 Å². The van der Waals surface area contributed by atoms with E-state index in [1.54, 1.807) is 6.07 Å². The molecule has 2 aromatic heterocycles. The third kappa shape index (κ3) is 2.32. The van der Waals surface area contributed by atoms with Gasteiger partial charge in [-0.1, -0.05) is 12.1 Å². The second-order valence-corrected chi connectivity index (χ2v) is 5.17. The van der Waals surface area contributed by atoms with Gasteiger partial charge in [-0.05, 0) is 37.1 Å². The fourth-order valence-corrected chi connectivity index (χ4v) is 2.57. The van der Waals surface area contributed by atoms with Crippen LogP contribution in [0.25, 0.3) is 5.65 Å². The zero-order valence-corrected chi connectivity index (χ0v) is 12.2. The van der Waals surface area contributed by atoms with Gasteiger partial charge in [0.15, 0.2) is 5.65 Å². The number of carboxylic acid groups (broad SMARTS) is 1. The van der Waals surface area contributed by atoms with Crippen LogP contribution in [0.2, 0.25) is 0 Å². The van der Waals surface area contributed by atoms with E-state index >= 15 is 0 Å².